The van der Waals surface area contributed by atoms with Crippen LogP contribution in [0.5, 0.6) is 0 Å². The second-order valence-corrected chi connectivity index (χ2v) is 6.34. The third-order valence-electron chi connectivity index (χ3n) is 4.78. The predicted octanol–water partition coefficient (Wildman–Crippen LogP) is 0.171. The number of hydrogen-bond donors (Lipinski definition) is 0. The van der Waals surface area contributed by atoms with Gasteiger partial charge in [0.05, 0.1) is 31.3 Å². The Balaban J connectivity index is 1.41. The van der Waals surface area contributed by atoms with Crippen molar-refractivity contribution < 1.29 is 9.59 Å². The number of carbonyl (C=O) groups is 2. The van der Waals surface area contributed by atoms with Crippen LogP contribution in [0.4, 0.5) is 0 Å². The summed E-state index contributed by atoms with van der Waals surface area (Å²) in [7, 11) is 0. The minimum atomic E-state index is -0.459. The van der Waals surface area contributed by atoms with Crippen LogP contribution in [-0.4, -0.2) is 65.7 Å². The lowest BCUT2D eigenvalue weighted by molar-refractivity contribution is -0.158. The SMILES string of the molecule is O=C1C(=O)N(C2CCCC2)CCN1Cc1ncc(-n2nccn2)cn1. The van der Waals surface area contributed by atoms with Crippen molar-refractivity contribution in [3.8, 4) is 5.69 Å². The molecule has 2 aromatic rings. The fraction of sp³-hybridized carbons (Fsp3) is 0.500. The molecule has 0 atom stereocenters. The van der Waals surface area contributed by atoms with Gasteiger partial charge in [-0.05, 0) is 12.8 Å². The summed E-state index contributed by atoms with van der Waals surface area (Å²) in [6.07, 6.45) is 10.6. The normalized spacial score (nSPS) is 19.0. The van der Waals surface area contributed by atoms with Crippen molar-refractivity contribution in [3.63, 3.8) is 0 Å². The molecule has 2 aliphatic rings. The van der Waals surface area contributed by atoms with Crippen molar-refractivity contribution in [2.24, 2.45) is 0 Å². The monoisotopic (exact) mass is 341 g/mol. The number of nitrogens with zero attached hydrogens (tertiary/aromatic N) is 7. The first-order valence-corrected chi connectivity index (χ1v) is 8.50. The molecule has 3 heterocycles. The summed E-state index contributed by atoms with van der Waals surface area (Å²) in [6.45, 7) is 1.34. The fourth-order valence-electron chi connectivity index (χ4n) is 3.46. The quantitative estimate of drug-likeness (QED) is 0.736. The number of piperazine rings is 1. The van der Waals surface area contributed by atoms with E-state index in [1.54, 1.807) is 29.7 Å². The average molecular weight is 341 g/mol. The maximum atomic E-state index is 12.4. The van der Waals surface area contributed by atoms with Crippen LogP contribution in [0.2, 0.25) is 0 Å². The van der Waals surface area contributed by atoms with Crippen LogP contribution in [0.3, 0.4) is 0 Å². The summed E-state index contributed by atoms with van der Waals surface area (Å²) >= 11 is 0. The van der Waals surface area contributed by atoms with Gasteiger partial charge in [0.25, 0.3) is 0 Å². The summed E-state index contributed by atoms with van der Waals surface area (Å²) in [6, 6.07) is 0.232. The van der Waals surface area contributed by atoms with Crippen molar-refractivity contribution in [2.75, 3.05) is 13.1 Å². The summed E-state index contributed by atoms with van der Waals surface area (Å²) in [5.74, 6) is -0.360. The van der Waals surface area contributed by atoms with Crippen LogP contribution in [-0.2, 0) is 16.1 Å². The van der Waals surface area contributed by atoms with Crippen LogP contribution < -0.4 is 0 Å². The Hall–Kier alpha value is -2.84. The van der Waals surface area contributed by atoms with Crippen LogP contribution in [0.1, 0.15) is 31.5 Å². The molecule has 4 rings (SSSR count). The molecule has 9 heteroatoms. The van der Waals surface area contributed by atoms with E-state index < -0.39 is 11.8 Å². The number of amides is 2. The van der Waals surface area contributed by atoms with Crippen molar-refractivity contribution in [1.29, 1.82) is 0 Å². The van der Waals surface area contributed by atoms with Gasteiger partial charge in [-0.15, -0.1) is 4.80 Å². The lowest BCUT2D eigenvalue weighted by Crippen LogP contribution is -2.56. The van der Waals surface area contributed by atoms with Gasteiger partial charge < -0.3 is 9.80 Å². The Kier molecular flexibility index (Phi) is 4.12. The van der Waals surface area contributed by atoms with Crippen LogP contribution in [0.15, 0.2) is 24.8 Å². The number of rotatable bonds is 4. The van der Waals surface area contributed by atoms with Crippen LogP contribution in [0, 0.1) is 0 Å². The largest absolute Gasteiger partial charge is 0.330 e. The van der Waals surface area contributed by atoms with E-state index in [-0.39, 0.29) is 12.6 Å². The molecule has 0 N–H and O–H groups in total. The smallest absolute Gasteiger partial charge is 0.312 e. The molecular formula is C16H19N7O2. The van der Waals surface area contributed by atoms with Crippen molar-refractivity contribution in [2.45, 2.75) is 38.3 Å². The first-order valence-electron chi connectivity index (χ1n) is 8.50. The number of carbonyl (C=O) groups excluding carboxylic acids is 2. The van der Waals surface area contributed by atoms with E-state index in [0.29, 0.717) is 24.6 Å². The first-order chi connectivity index (χ1) is 12.2. The topological polar surface area (TPSA) is 97.1 Å². The molecule has 1 aliphatic heterocycles. The van der Waals surface area contributed by atoms with Crippen LogP contribution in [0.25, 0.3) is 5.69 Å². The highest BCUT2D eigenvalue weighted by Crippen LogP contribution is 2.25. The Bertz CT molecular complexity index is 753. The molecule has 1 saturated carbocycles. The zero-order valence-corrected chi connectivity index (χ0v) is 13.8. The molecular weight excluding hydrogens is 322 g/mol. The highest BCUT2D eigenvalue weighted by molar-refractivity contribution is 6.35. The van der Waals surface area contributed by atoms with Gasteiger partial charge in [-0.2, -0.15) is 10.2 Å². The maximum Gasteiger partial charge on any atom is 0.312 e. The molecule has 2 amide bonds. The Morgan fingerprint density at radius 1 is 0.960 bits per heavy atom. The highest BCUT2D eigenvalue weighted by atomic mass is 16.2. The molecule has 0 bridgehead atoms. The molecule has 1 saturated heterocycles. The van der Waals surface area contributed by atoms with Gasteiger partial charge in [-0.1, -0.05) is 12.8 Å². The van der Waals surface area contributed by atoms with Crippen LogP contribution >= 0.6 is 0 Å². The zero-order valence-electron chi connectivity index (χ0n) is 13.8. The van der Waals surface area contributed by atoms with Gasteiger partial charge in [0.2, 0.25) is 0 Å². The Morgan fingerprint density at radius 3 is 2.32 bits per heavy atom. The lowest BCUT2D eigenvalue weighted by Gasteiger charge is -2.36. The Labute approximate surface area is 144 Å². The van der Waals surface area contributed by atoms with E-state index in [1.807, 2.05) is 0 Å². The summed E-state index contributed by atoms with van der Waals surface area (Å²) in [5, 5.41) is 8.02. The average Bonchev–Trinajstić information content (AvgIpc) is 3.33. The summed E-state index contributed by atoms with van der Waals surface area (Å²) in [4.78, 5) is 38.0. The summed E-state index contributed by atoms with van der Waals surface area (Å²) in [5.41, 5.74) is 0.641. The van der Waals surface area contributed by atoms with E-state index in [2.05, 4.69) is 20.2 Å². The molecule has 0 radical (unpaired) electrons. The van der Waals surface area contributed by atoms with Gasteiger partial charge >= 0.3 is 11.8 Å². The van der Waals surface area contributed by atoms with Gasteiger partial charge in [0.15, 0.2) is 0 Å². The van der Waals surface area contributed by atoms with Gasteiger partial charge in [0.1, 0.15) is 11.5 Å². The van der Waals surface area contributed by atoms with E-state index in [9.17, 15) is 9.59 Å². The maximum absolute atomic E-state index is 12.4. The summed E-state index contributed by atoms with van der Waals surface area (Å²) < 4.78 is 0. The molecule has 130 valence electrons. The second kappa shape index (κ2) is 6.58. The molecule has 25 heavy (non-hydrogen) atoms. The Morgan fingerprint density at radius 2 is 1.64 bits per heavy atom. The highest BCUT2D eigenvalue weighted by Gasteiger charge is 2.37. The number of hydrogen-bond acceptors (Lipinski definition) is 6. The fourth-order valence-corrected chi connectivity index (χ4v) is 3.46. The van der Waals surface area contributed by atoms with Gasteiger partial charge in [-0.3, -0.25) is 9.59 Å². The molecule has 9 nitrogen and oxygen atoms in total. The predicted molar refractivity (Wildman–Crippen MR) is 86.3 cm³/mol. The first kappa shape index (κ1) is 15.7. The third-order valence-corrected chi connectivity index (χ3v) is 4.78. The minimum Gasteiger partial charge on any atom is -0.330 e. The minimum absolute atomic E-state index is 0.232. The standard InChI is InChI=1S/C16H19N7O2/c24-15-16(25)22(12-3-1-2-4-12)8-7-21(15)11-14-17-9-13(10-18-14)23-19-5-6-20-23/h5-6,9-10,12H,1-4,7-8,11H2. The number of aromatic nitrogens is 5. The van der Waals surface area contributed by atoms with Gasteiger partial charge in [-0.25, -0.2) is 9.97 Å². The van der Waals surface area contributed by atoms with E-state index in [1.165, 1.54) is 9.70 Å². The lowest BCUT2D eigenvalue weighted by atomic mass is 10.1. The molecule has 0 spiro atoms. The van der Waals surface area contributed by atoms with Gasteiger partial charge in [0, 0.05) is 19.1 Å². The van der Waals surface area contributed by atoms with Crippen molar-refractivity contribution in [3.05, 3.63) is 30.6 Å². The molecule has 2 aromatic heterocycles. The zero-order chi connectivity index (χ0) is 17.2. The molecule has 0 aromatic carbocycles. The molecule has 2 fully saturated rings. The van der Waals surface area contributed by atoms with E-state index in [4.69, 9.17) is 0 Å². The molecule has 0 unspecified atom stereocenters. The molecule has 1 aliphatic carbocycles. The van der Waals surface area contributed by atoms with Crippen molar-refractivity contribution in [1.82, 2.24) is 34.8 Å². The van der Waals surface area contributed by atoms with Crippen molar-refractivity contribution >= 4 is 11.8 Å². The third kappa shape index (κ3) is 3.09. The van der Waals surface area contributed by atoms with E-state index in [0.717, 1.165) is 25.7 Å². The van der Waals surface area contributed by atoms with E-state index >= 15 is 0 Å². The second-order valence-electron chi connectivity index (χ2n) is 6.34.